The van der Waals surface area contributed by atoms with Gasteiger partial charge >= 0.3 is 5.35 Å². The first-order valence-electron chi connectivity index (χ1n) is 3.94. The summed E-state index contributed by atoms with van der Waals surface area (Å²) in [6.45, 7) is 0. The Kier molecular flexibility index (Phi) is 2.74. The van der Waals surface area contributed by atoms with Crippen LogP contribution in [0.15, 0.2) is 4.42 Å². The first-order chi connectivity index (χ1) is 7.93. The molecule has 0 amide bonds. The summed E-state index contributed by atoms with van der Waals surface area (Å²) in [7, 11) is 0. The third-order valence-corrected chi connectivity index (χ3v) is 1.98. The molecule has 0 saturated carbocycles. The molecule has 2 rings (SSSR count). The lowest BCUT2D eigenvalue weighted by Gasteiger charge is -2.03. The van der Waals surface area contributed by atoms with E-state index >= 15 is 0 Å². The molecule has 0 aliphatic rings. The van der Waals surface area contributed by atoms with E-state index in [2.05, 4.69) is 14.6 Å². The van der Waals surface area contributed by atoms with E-state index in [1.165, 1.54) is 0 Å². The van der Waals surface area contributed by atoms with Crippen LogP contribution in [0.2, 0.25) is 5.35 Å². The van der Waals surface area contributed by atoms with Crippen molar-refractivity contribution < 1.29 is 26.4 Å². The van der Waals surface area contributed by atoms with Crippen LogP contribution in [0.5, 0.6) is 0 Å². The number of aromatic nitrogens is 2. The second kappa shape index (κ2) is 3.95. The van der Waals surface area contributed by atoms with E-state index < -0.39 is 45.9 Å². The van der Waals surface area contributed by atoms with Crippen molar-refractivity contribution >= 4 is 11.6 Å². The number of benzene rings is 1. The van der Waals surface area contributed by atoms with E-state index in [-0.39, 0.29) is 0 Å². The predicted octanol–water partition coefficient (Wildman–Crippen LogP) is 3.09. The topological polar surface area (TPSA) is 38.9 Å². The molecular formula is C8ClF5N2O. The summed E-state index contributed by atoms with van der Waals surface area (Å²) in [6.07, 6.45) is 0. The van der Waals surface area contributed by atoms with E-state index in [1.54, 1.807) is 0 Å². The zero-order valence-electron chi connectivity index (χ0n) is 7.57. The Morgan fingerprint density at radius 1 is 0.765 bits per heavy atom. The van der Waals surface area contributed by atoms with Crippen LogP contribution in [0.25, 0.3) is 11.5 Å². The number of rotatable bonds is 1. The van der Waals surface area contributed by atoms with Crippen LogP contribution in [0.3, 0.4) is 0 Å². The molecule has 1 heterocycles. The fraction of sp³-hybridized carbons (Fsp3) is 0. The minimum absolute atomic E-state index is 0.594. The molecule has 90 valence electrons. The summed E-state index contributed by atoms with van der Waals surface area (Å²) in [5, 5.41) is 5.48. The Labute approximate surface area is 94.8 Å². The molecule has 3 nitrogen and oxygen atoms in total. The highest BCUT2D eigenvalue weighted by Gasteiger charge is 2.29. The molecule has 0 aliphatic heterocycles. The number of nitrogens with zero attached hydrogens (tertiary/aromatic N) is 2. The lowest BCUT2D eigenvalue weighted by Crippen LogP contribution is -2.04. The zero-order valence-corrected chi connectivity index (χ0v) is 8.33. The van der Waals surface area contributed by atoms with Crippen molar-refractivity contribution in [3.8, 4) is 11.5 Å². The lowest BCUT2D eigenvalue weighted by atomic mass is 10.1. The van der Waals surface area contributed by atoms with Crippen LogP contribution in [0.4, 0.5) is 22.0 Å². The van der Waals surface area contributed by atoms with Crippen molar-refractivity contribution in [1.29, 1.82) is 0 Å². The van der Waals surface area contributed by atoms with Gasteiger partial charge in [0.1, 0.15) is 5.56 Å². The van der Waals surface area contributed by atoms with Gasteiger partial charge in [-0.1, -0.05) is 5.10 Å². The summed E-state index contributed by atoms with van der Waals surface area (Å²) in [4.78, 5) is 0. The van der Waals surface area contributed by atoms with Crippen molar-refractivity contribution in [3.05, 3.63) is 34.4 Å². The van der Waals surface area contributed by atoms with Crippen molar-refractivity contribution in [2.45, 2.75) is 0 Å². The molecule has 0 spiro atoms. The quantitative estimate of drug-likeness (QED) is 0.454. The van der Waals surface area contributed by atoms with Gasteiger partial charge in [-0.25, -0.2) is 22.0 Å². The van der Waals surface area contributed by atoms with Gasteiger partial charge in [0.15, 0.2) is 23.3 Å². The molecule has 0 radical (unpaired) electrons. The monoisotopic (exact) mass is 270 g/mol. The molecule has 0 aliphatic carbocycles. The molecule has 1 aromatic heterocycles. The maximum Gasteiger partial charge on any atom is 0.313 e. The van der Waals surface area contributed by atoms with E-state index in [0.717, 1.165) is 0 Å². The Balaban J connectivity index is 2.78. The van der Waals surface area contributed by atoms with Crippen molar-refractivity contribution in [2.24, 2.45) is 0 Å². The molecular weight excluding hydrogens is 271 g/mol. The van der Waals surface area contributed by atoms with Crippen LogP contribution < -0.4 is 0 Å². The summed E-state index contributed by atoms with van der Waals surface area (Å²) in [5.74, 6) is -11.5. The van der Waals surface area contributed by atoms with Crippen molar-refractivity contribution in [2.75, 3.05) is 0 Å². The van der Waals surface area contributed by atoms with Crippen LogP contribution in [0, 0.1) is 29.1 Å². The Hall–Kier alpha value is -1.70. The SMILES string of the molecule is Fc1c(F)c(F)c(-c2nnc(Cl)o2)c(F)c1F. The molecule has 17 heavy (non-hydrogen) atoms. The lowest BCUT2D eigenvalue weighted by molar-refractivity contribution is 0.378. The van der Waals surface area contributed by atoms with Crippen molar-refractivity contribution in [1.82, 2.24) is 10.2 Å². The average molecular weight is 271 g/mol. The minimum atomic E-state index is -2.27. The predicted molar refractivity (Wildman–Crippen MR) is 44.5 cm³/mol. The second-order valence-electron chi connectivity index (χ2n) is 2.81. The van der Waals surface area contributed by atoms with Gasteiger partial charge in [-0.15, -0.1) is 5.10 Å². The highest BCUT2D eigenvalue weighted by molar-refractivity contribution is 6.27. The largest absolute Gasteiger partial charge is 0.407 e. The van der Waals surface area contributed by atoms with Gasteiger partial charge in [0.05, 0.1) is 0 Å². The summed E-state index contributed by atoms with van der Waals surface area (Å²) >= 11 is 5.18. The zero-order chi connectivity index (χ0) is 12.7. The number of hydrogen-bond acceptors (Lipinski definition) is 3. The summed E-state index contributed by atoms with van der Waals surface area (Å²) < 4.78 is 69.1. The molecule has 9 heteroatoms. The molecule has 0 atom stereocenters. The van der Waals surface area contributed by atoms with Crippen LogP contribution in [-0.2, 0) is 0 Å². The fourth-order valence-electron chi connectivity index (χ4n) is 1.10. The van der Waals surface area contributed by atoms with Gasteiger partial charge in [0.2, 0.25) is 5.82 Å². The third-order valence-electron chi connectivity index (χ3n) is 1.82. The van der Waals surface area contributed by atoms with Gasteiger partial charge in [-0.05, 0) is 11.6 Å². The molecule has 2 aromatic rings. The minimum Gasteiger partial charge on any atom is -0.407 e. The smallest absolute Gasteiger partial charge is 0.313 e. The molecule has 0 saturated heterocycles. The van der Waals surface area contributed by atoms with Crippen LogP contribution >= 0.6 is 11.6 Å². The molecule has 0 fully saturated rings. The van der Waals surface area contributed by atoms with Crippen molar-refractivity contribution in [3.63, 3.8) is 0 Å². The normalized spacial score (nSPS) is 10.9. The van der Waals surface area contributed by atoms with E-state index in [9.17, 15) is 22.0 Å². The maximum atomic E-state index is 13.2. The standard InChI is InChI=1S/C8ClF5N2O/c9-8-16-15-7(17-8)1-2(10)4(12)6(14)5(13)3(1)11. The highest BCUT2D eigenvalue weighted by Crippen LogP contribution is 2.31. The van der Waals surface area contributed by atoms with E-state index in [0.29, 0.717) is 0 Å². The Morgan fingerprint density at radius 3 is 1.65 bits per heavy atom. The third kappa shape index (κ3) is 1.74. The molecule has 1 aromatic carbocycles. The van der Waals surface area contributed by atoms with Crippen LogP contribution in [0.1, 0.15) is 0 Å². The fourth-order valence-corrected chi connectivity index (χ4v) is 1.21. The van der Waals surface area contributed by atoms with Gasteiger partial charge in [0, 0.05) is 0 Å². The van der Waals surface area contributed by atoms with Gasteiger partial charge in [-0.2, -0.15) is 0 Å². The summed E-state index contributed by atoms with van der Waals surface area (Å²) in [6, 6.07) is 0. The van der Waals surface area contributed by atoms with E-state index in [1.807, 2.05) is 0 Å². The maximum absolute atomic E-state index is 13.2. The highest BCUT2D eigenvalue weighted by atomic mass is 35.5. The first-order valence-corrected chi connectivity index (χ1v) is 4.32. The summed E-state index contributed by atoms with van der Waals surface area (Å²) in [5.41, 5.74) is -1.32. The van der Waals surface area contributed by atoms with Gasteiger partial charge < -0.3 is 4.42 Å². The van der Waals surface area contributed by atoms with Gasteiger partial charge in [0.25, 0.3) is 5.89 Å². The molecule has 0 N–H and O–H groups in total. The molecule has 0 unspecified atom stereocenters. The van der Waals surface area contributed by atoms with Crippen LogP contribution in [-0.4, -0.2) is 10.2 Å². The van der Waals surface area contributed by atoms with Gasteiger partial charge in [-0.3, -0.25) is 0 Å². The second-order valence-corrected chi connectivity index (χ2v) is 3.13. The number of hydrogen-bond donors (Lipinski definition) is 0. The first kappa shape index (κ1) is 11.8. The Morgan fingerprint density at radius 2 is 1.24 bits per heavy atom. The Bertz CT molecular complexity index is 571. The molecule has 0 bridgehead atoms. The van der Waals surface area contributed by atoms with E-state index in [4.69, 9.17) is 11.6 Å². The average Bonchev–Trinajstić information content (AvgIpc) is 2.71. The number of halogens is 6.